The van der Waals surface area contributed by atoms with Gasteiger partial charge in [-0.2, -0.15) is 0 Å². The van der Waals surface area contributed by atoms with Gasteiger partial charge in [0.25, 0.3) is 0 Å². The molecule has 3 saturated carbocycles. The van der Waals surface area contributed by atoms with Crippen molar-refractivity contribution in [2.45, 2.75) is 152 Å². The molecule has 0 aromatic heterocycles. The predicted octanol–water partition coefficient (Wildman–Crippen LogP) is 13.3. The molecule has 3 nitrogen and oxygen atoms in total. The van der Waals surface area contributed by atoms with E-state index in [0.29, 0.717) is 34.3 Å². The molecule has 0 aliphatic heterocycles. The predicted molar refractivity (Wildman–Crippen MR) is 232 cm³/mol. The van der Waals surface area contributed by atoms with Gasteiger partial charge in [0.2, 0.25) is 0 Å². The van der Waals surface area contributed by atoms with Crippen molar-refractivity contribution >= 4 is 69.6 Å². The van der Waals surface area contributed by atoms with Gasteiger partial charge in [-0.3, -0.25) is 0 Å². The molecule has 9 heteroatoms. The van der Waals surface area contributed by atoms with Crippen LogP contribution in [0.25, 0.3) is 0 Å². The summed E-state index contributed by atoms with van der Waals surface area (Å²) in [5.74, 6) is 0. The van der Waals surface area contributed by atoms with Gasteiger partial charge in [0.05, 0.1) is 31.4 Å². The second kappa shape index (κ2) is 16.1. The van der Waals surface area contributed by atoms with Gasteiger partial charge in [0, 0.05) is 34.3 Å². The summed E-state index contributed by atoms with van der Waals surface area (Å²) in [5, 5.41) is 35.5. The second-order valence-electron chi connectivity index (χ2n) is 19.0. The summed E-state index contributed by atoms with van der Waals surface area (Å²) >= 11 is 38.2. The topological polar surface area (TPSA) is 60.7 Å². The first kappa shape index (κ1) is 46.0. The van der Waals surface area contributed by atoms with Gasteiger partial charge >= 0.3 is 0 Å². The molecular formula is C45H60Cl6O3. The smallest absolute Gasteiger partial charge is 0.0927 e. The van der Waals surface area contributed by atoms with E-state index in [-0.39, 0.29) is 16.2 Å². The Hall–Kier alpha value is -0.720. The van der Waals surface area contributed by atoms with E-state index in [9.17, 15) is 15.3 Å². The molecule has 0 saturated heterocycles. The Kier molecular flexibility index (Phi) is 13.7. The van der Waals surface area contributed by atoms with Crippen LogP contribution >= 0.6 is 69.6 Å². The molecule has 3 N–H and O–H groups in total. The van der Waals surface area contributed by atoms with Crippen LogP contribution in [0.15, 0.2) is 72.8 Å². The Labute approximate surface area is 355 Å². The molecule has 300 valence electrons. The summed E-state index contributed by atoms with van der Waals surface area (Å²) in [7, 11) is 0. The Bertz CT molecular complexity index is 1520. The van der Waals surface area contributed by atoms with Crippen molar-refractivity contribution in [3.05, 3.63) is 105 Å². The van der Waals surface area contributed by atoms with E-state index in [1.54, 1.807) is 0 Å². The molecule has 54 heavy (non-hydrogen) atoms. The normalized spacial score (nSPS) is 21.4. The highest BCUT2D eigenvalue weighted by Gasteiger charge is 2.64. The van der Waals surface area contributed by atoms with Gasteiger partial charge in [-0.15, -0.1) is 34.8 Å². The Morgan fingerprint density at radius 3 is 0.741 bits per heavy atom. The van der Waals surface area contributed by atoms with Crippen LogP contribution in [-0.2, 0) is 19.3 Å². The van der Waals surface area contributed by atoms with Crippen molar-refractivity contribution in [1.29, 1.82) is 0 Å². The van der Waals surface area contributed by atoms with Crippen LogP contribution in [0.1, 0.15) is 118 Å². The van der Waals surface area contributed by atoms with Crippen molar-refractivity contribution < 1.29 is 15.3 Å². The Morgan fingerprint density at radius 2 is 0.593 bits per heavy atom. The fraction of sp³-hybridized carbons (Fsp3) is 0.600. The second-order valence-corrected chi connectivity index (χ2v) is 22.4. The van der Waals surface area contributed by atoms with Crippen LogP contribution in [0.5, 0.6) is 0 Å². The summed E-state index contributed by atoms with van der Waals surface area (Å²) in [6, 6.07) is 23.0. The molecule has 0 radical (unpaired) electrons. The largest absolute Gasteiger partial charge is 0.387 e. The molecule has 0 bridgehead atoms. The molecule has 3 fully saturated rings. The minimum absolute atomic E-state index is 0.287. The van der Waals surface area contributed by atoms with Crippen molar-refractivity contribution in [2.24, 2.45) is 16.2 Å². The highest BCUT2D eigenvalue weighted by atomic mass is 35.5. The van der Waals surface area contributed by atoms with E-state index < -0.39 is 31.4 Å². The number of alkyl halides is 3. The highest BCUT2D eigenvalue weighted by Crippen LogP contribution is 2.60. The lowest BCUT2D eigenvalue weighted by Gasteiger charge is -2.44. The van der Waals surface area contributed by atoms with E-state index in [4.69, 9.17) is 69.6 Å². The maximum absolute atomic E-state index is 11.1. The first-order valence-electron chi connectivity index (χ1n) is 19.0. The summed E-state index contributed by atoms with van der Waals surface area (Å²) in [5.41, 5.74) is -0.791. The zero-order chi connectivity index (χ0) is 40.8. The number of benzene rings is 3. The van der Waals surface area contributed by atoms with Crippen LogP contribution in [0.4, 0.5) is 0 Å². The SMILES string of the molecule is CC(C)(C)C(O)(Cc1ccccc1Cl)C1(Cl)CC1.CC(C)(C)[C@@](O)(Cc1ccccc1Cl)C1(Cl)CC1.CC(C)(C)[C@](O)(Cc1ccccc1Cl)C1(Cl)CC1. The zero-order valence-electron chi connectivity index (χ0n) is 33.4. The standard InChI is InChI=1S/3C15H20Cl2O/c3*1-13(2,3)15(18,14(17)8-9-14)10-11-6-4-5-7-12(11)16/h3*4-7,18H,8-10H2,1-3H3/t2*15-;/m10./s1. The van der Waals surface area contributed by atoms with E-state index >= 15 is 0 Å². The number of hydrogen-bond donors (Lipinski definition) is 3. The molecule has 1 unspecified atom stereocenters. The van der Waals surface area contributed by atoms with Gasteiger partial charge in [-0.1, -0.05) is 152 Å². The highest BCUT2D eigenvalue weighted by molar-refractivity contribution is 6.32. The summed E-state index contributed by atoms with van der Waals surface area (Å²) in [6.45, 7) is 18.3. The minimum Gasteiger partial charge on any atom is -0.387 e. The van der Waals surface area contributed by atoms with Crippen LogP contribution < -0.4 is 0 Å². The quantitative estimate of drug-likeness (QED) is 0.188. The maximum atomic E-state index is 11.1. The van der Waals surface area contributed by atoms with Crippen molar-refractivity contribution in [3.63, 3.8) is 0 Å². The van der Waals surface area contributed by atoms with Crippen molar-refractivity contribution in [1.82, 2.24) is 0 Å². The molecule has 3 aliphatic carbocycles. The summed E-state index contributed by atoms with van der Waals surface area (Å²) in [4.78, 5) is -1.49. The molecule has 0 spiro atoms. The molecule has 0 heterocycles. The van der Waals surface area contributed by atoms with Crippen molar-refractivity contribution in [3.8, 4) is 0 Å². The van der Waals surface area contributed by atoms with Crippen molar-refractivity contribution in [2.75, 3.05) is 0 Å². The van der Waals surface area contributed by atoms with E-state index in [2.05, 4.69) is 0 Å². The lowest BCUT2D eigenvalue weighted by molar-refractivity contribution is -0.0673. The number of rotatable bonds is 9. The van der Waals surface area contributed by atoms with Crippen LogP contribution in [0, 0.1) is 16.2 Å². The number of halogens is 6. The average Bonchev–Trinajstić information content (AvgIpc) is 4.00. The Balaban J connectivity index is 0.000000180. The van der Waals surface area contributed by atoms with Gasteiger partial charge in [-0.05, 0) is 89.7 Å². The summed E-state index contributed by atoms with van der Waals surface area (Å²) < 4.78 is 0. The third kappa shape index (κ3) is 9.59. The van der Waals surface area contributed by atoms with Crippen LogP contribution in [0.3, 0.4) is 0 Å². The molecule has 6 rings (SSSR count). The average molecular weight is 862 g/mol. The lowest BCUT2D eigenvalue weighted by atomic mass is 9.69. The van der Waals surface area contributed by atoms with Crippen LogP contribution in [0.2, 0.25) is 15.1 Å². The van der Waals surface area contributed by atoms with Gasteiger partial charge in [0.1, 0.15) is 0 Å². The molecule has 0 amide bonds. The minimum atomic E-state index is -0.938. The number of hydrogen-bond acceptors (Lipinski definition) is 3. The maximum Gasteiger partial charge on any atom is 0.0927 e. The fourth-order valence-electron chi connectivity index (χ4n) is 7.61. The molecule has 3 atom stereocenters. The monoisotopic (exact) mass is 858 g/mol. The molecule has 3 aliphatic rings. The van der Waals surface area contributed by atoms with Gasteiger partial charge in [0.15, 0.2) is 0 Å². The summed E-state index contributed by atoms with van der Waals surface area (Å²) in [6.07, 6.45) is 6.71. The van der Waals surface area contributed by atoms with E-state index in [1.165, 1.54) is 0 Å². The van der Waals surface area contributed by atoms with E-state index in [1.807, 2.05) is 135 Å². The molecule has 3 aromatic carbocycles. The zero-order valence-corrected chi connectivity index (χ0v) is 37.9. The lowest BCUT2D eigenvalue weighted by Crippen LogP contribution is -2.53. The van der Waals surface area contributed by atoms with Crippen LogP contribution in [-0.4, -0.2) is 46.7 Å². The fourth-order valence-corrected chi connectivity index (χ4v) is 9.55. The molecule has 3 aromatic rings. The number of aliphatic hydroxyl groups is 3. The molecular weight excluding hydrogens is 801 g/mol. The van der Waals surface area contributed by atoms with Gasteiger partial charge < -0.3 is 15.3 Å². The van der Waals surface area contributed by atoms with E-state index in [0.717, 1.165) is 55.2 Å². The third-order valence-corrected chi connectivity index (χ3v) is 15.4. The van der Waals surface area contributed by atoms with Gasteiger partial charge in [-0.25, -0.2) is 0 Å². The Morgan fingerprint density at radius 1 is 0.407 bits per heavy atom. The first-order valence-corrected chi connectivity index (χ1v) is 21.3. The third-order valence-electron chi connectivity index (χ3n) is 12.2. The first-order chi connectivity index (χ1) is 24.6.